The fourth-order valence-electron chi connectivity index (χ4n) is 5.03. The highest BCUT2D eigenvalue weighted by Crippen LogP contribution is 2.39. The van der Waals surface area contributed by atoms with Gasteiger partial charge in [-0.15, -0.1) is 11.8 Å². The van der Waals surface area contributed by atoms with E-state index in [2.05, 4.69) is 24.5 Å². The van der Waals surface area contributed by atoms with Gasteiger partial charge in [-0.05, 0) is 43.9 Å². The minimum atomic E-state index is -0.913. The molecule has 2 aromatic carbocycles. The Kier molecular flexibility index (Phi) is 9.70. The molecule has 2 fully saturated rings. The van der Waals surface area contributed by atoms with Crippen LogP contribution >= 0.6 is 11.8 Å². The number of ether oxygens (including phenoxy) is 2. The molecule has 4 atom stereocenters. The van der Waals surface area contributed by atoms with Crippen molar-refractivity contribution in [2.75, 3.05) is 25.6 Å². The average Bonchev–Trinajstić information content (AvgIpc) is 3.50. The second-order valence-electron chi connectivity index (χ2n) is 10.6. The van der Waals surface area contributed by atoms with E-state index in [9.17, 15) is 14.7 Å². The quantitative estimate of drug-likeness (QED) is 0.425. The molecule has 0 spiro atoms. The second-order valence-corrected chi connectivity index (χ2v) is 12.2. The van der Waals surface area contributed by atoms with Gasteiger partial charge in [0.2, 0.25) is 5.91 Å². The number of carbonyl (C=O) groups is 2. The SMILES string of the molecule is Cc1ccccc1CNC(=O)[C@H]1N(C[C@@H](O)[C@H](Cc2ccccc2)NC(=O)O[C@H]2CCOC2)CSC1(C)C. The largest absolute Gasteiger partial charge is 0.444 e. The molecule has 2 aromatic rings. The number of amides is 2. The summed E-state index contributed by atoms with van der Waals surface area (Å²) in [6.07, 6.45) is -0.652. The predicted molar refractivity (Wildman–Crippen MR) is 149 cm³/mol. The molecule has 3 N–H and O–H groups in total. The Balaban J connectivity index is 1.43. The van der Waals surface area contributed by atoms with Crippen LogP contribution < -0.4 is 10.6 Å². The van der Waals surface area contributed by atoms with Crippen LogP contribution in [0.15, 0.2) is 54.6 Å². The number of thioether (sulfide) groups is 1. The van der Waals surface area contributed by atoms with E-state index in [-0.39, 0.29) is 23.3 Å². The fraction of sp³-hybridized carbons (Fsp3) is 0.517. The Bertz CT molecular complexity index is 1080. The van der Waals surface area contributed by atoms with Gasteiger partial charge in [0.25, 0.3) is 0 Å². The van der Waals surface area contributed by atoms with Gasteiger partial charge in [-0.1, -0.05) is 54.6 Å². The predicted octanol–water partition coefficient (Wildman–Crippen LogP) is 3.25. The number of benzene rings is 2. The van der Waals surface area contributed by atoms with Crippen molar-refractivity contribution in [3.8, 4) is 0 Å². The third-order valence-corrected chi connectivity index (χ3v) is 8.67. The summed E-state index contributed by atoms with van der Waals surface area (Å²) >= 11 is 1.69. The van der Waals surface area contributed by atoms with E-state index in [4.69, 9.17) is 9.47 Å². The number of nitrogens with one attached hydrogen (secondary N) is 2. The van der Waals surface area contributed by atoms with Gasteiger partial charge in [-0.2, -0.15) is 0 Å². The van der Waals surface area contributed by atoms with Crippen molar-refractivity contribution in [1.29, 1.82) is 0 Å². The molecule has 0 unspecified atom stereocenters. The first kappa shape index (κ1) is 28.4. The van der Waals surface area contributed by atoms with Crippen molar-refractivity contribution in [1.82, 2.24) is 15.5 Å². The average molecular weight is 542 g/mol. The van der Waals surface area contributed by atoms with Gasteiger partial charge >= 0.3 is 6.09 Å². The van der Waals surface area contributed by atoms with E-state index < -0.39 is 24.3 Å². The van der Waals surface area contributed by atoms with Gasteiger partial charge in [-0.3, -0.25) is 9.69 Å². The smallest absolute Gasteiger partial charge is 0.407 e. The normalized spacial score (nSPS) is 22.5. The molecule has 2 heterocycles. The summed E-state index contributed by atoms with van der Waals surface area (Å²) < 4.78 is 10.5. The number of aliphatic hydroxyl groups excluding tert-OH is 1. The molecule has 9 heteroatoms. The Morgan fingerprint density at radius 1 is 1.18 bits per heavy atom. The van der Waals surface area contributed by atoms with Crippen LogP contribution in [0.2, 0.25) is 0 Å². The van der Waals surface area contributed by atoms with Crippen molar-refractivity contribution >= 4 is 23.8 Å². The monoisotopic (exact) mass is 541 g/mol. The molecule has 8 nitrogen and oxygen atoms in total. The van der Waals surface area contributed by atoms with Crippen LogP contribution in [0.1, 0.15) is 37.0 Å². The van der Waals surface area contributed by atoms with Crippen molar-refractivity contribution < 1.29 is 24.2 Å². The summed E-state index contributed by atoms with van der Waals surface area (Å²) in [6, 6.07) is 16.7. The lowest BCUT2D eigenvalue weighted by atomic mass is 9.97. The topological polar surface area (TPSA) is 100 Å². The van der Waals surface area contributed by atoms with E-state index >= 15 is 0 Å². The minimum Gasteiger partial charge on any atom is -0.444 e. The van der Waals surface area contributed by atoms with Gasteiger partial charge in [0.15, 0.2) is 0 Å². The number of hydrogen-bond donors (Lipinski definition) is 3. The Morgan fingerprint density at radius 2 is 1.92 bits per heavy atom. The highest BCUT2D eigenvalue weighted by molar-refractivity contribution is 8.00. The van der Waals surface area contributed by atoms with Gasteiger partial charge in [0.1, 0.15) is 12.1 Å². The standard InChI is InChI=1S/C29H39N3O5S/c1-20-9-7-8-12-22(20)16-30-27(34)26-29(2,3)38-19-32(26)17-25(33)24(15-21-10-5-4-6-11-21)31-28(35)37-23-13-14-36-18-23/h4-12,23-26,33H,13-19H2,1-3H3,(H,30,34)(H,31,35)/t23-,24-,25+,26+/m0/s1. The van der Waals surface area contributed by atoms with E-state index in [0.29, 0.717) is 38.5 Å². The molecule has 206 valence electrons. The maximum Gasteiger partial charge on any atom is 0.407 e. The number of hydrogen-bond acceptors (Lipinski definition) is 7. The molecule has 0 bridgehead atoms. The zero-order chi connectivity index (χ0) is 27.1. The fourth-order valence-corrected chi connectivity index (χ4v) is 6.20. The van der Waals surface area contributed by atoms with Crippen LogP contribution in [0.5, 0.6) is 0 Å². The first-order chi connectivity index (χ1) is 18.2. The number of rotatable bonds is 10. The highest BCUT2D eigenvalue weighted by Gasteiger charge is 2.46. The summed E-state index contributed by atoms with van der Waals surface area (Å²) in [5.74, 6) is 0.540. The number of aryl methyl sites for hydroxylation is 1. The maximum absolute atomic E-state index is 13.4. The Hall–Kier alpha value is -2.59. The third-order valence-electron chi connectivity index (χ3n) is 7.24. The second kappa shape index (κ2) is 13.0. The molecule has 2 saturated heterocycles. The van der Waals surface area contributed by atoms with E-state index in [1.807, 2.05) is 66.4 Å². The Labute approximate surface area is 229 Å². The first-order valence-electron chi connectivity index (χ1n) is 13.2. The van der Waals surface area contributed by atoms with E-state index in [1.165, 1.54) is 0 Å². The molecular weight excluding hydrogens is 502 g/mol. The lowest BCUT2D eigenvalue weighted by Gasteiger charge is -2.33. The molecule has 2 aliphatic rings. The van der Waals surface area contributed by atoms with Crippen LogP contribution in [-0.2, 0) is 27.2 Å². The molecule has 38 heavy (non-hydrogen) atoms. The van der Waals surface area contributed by atoms with Crippen molar-refractivity contribution in [3.63, 3.8) is 0 Å². The molecule has 0 radical (unpaired) electrons. The maximum atomic E-state index is 13.4. The van der Waals surface area contributed by atoms with Gasteiger partial charge in [0, 0.05) is 30.1 Å². The van der Waals surface area contributed by atoms with Crippen LogP contribution in [0.4, 0.5) is 4.79 Å². The summed E-state index contributed by atoms with van der Waals surface area (Å²) in [5, 5.41) is 17.4. The summed E-state index contributed by atoms with van der Waals surface area (Å²) in [5.41, 5.74) is 3.20. The van der Waals surface area contributed by atoms with Gasteiger partial charge < -0.3 is 25.2 Å². The van der Waals surface area contributed by atoms with Crippen molar-refractivity contribution in [2.45, 2.75) is 69.2 Å². The summed E-state index contributed by atoms with van der Waals surface area (Å²) in [7, 11) is 0. The molecule has 0 saturated carbocycles. The van der Waals surface area contributed by atoms with Crippen LogP contribution in [0, 0.1) is 6.92 Å². The number of alkyl carbamates (subject to hydrolysis) is 1. The lowest BCUT2D eigenvalue weighted by molar-refractivity contribution is -0.127. The van der Waals surface area contributed by atoms with Crippen LogP contribution in [-0.4, -0.2) is 76.7 Å². The van der Waals surface area contributed by atoms with Gasteiger partial charge in [0.05, 0.1) is 25.4 Å². The lowest BCUT2D eigenvalue weighted by Crippen LogP contribution is -2.56. The molecule has 2 aliphatic heterocycles. The zero-order valence-corrected chi connectivity index (χ0v) is 23.2. The van der Waals surface area contributed by atoms with Crippen molar-refractivity contribution in [2.24, 2.45) is 0 Å². The number of aliphatic hydroxyl groups is 1. The van der Waals surface area contributed by atoms with Crippen LogP contribution in [0.3, 0.4) is 0 Å². The van der Waals surface area contributed by atoms with Crippen LogP contribution in [0.25, 0.3) is 0 Å². The molecular formula is C29H39N3O5S. The molecule has 2 amide bonds. The molecule has 0 aromatic heterocycles. The zero-order valence-electron chi connectivity index (χ0n) is 22.4. The van der Waals surface area contributed by atoms with E-state index in [0.717, 1.165) is 16.7 Å². The summed E-state index contributed by atoms with van der Waals surface area (Å²) in [4.78, 5) is 28.1. The Morgan fingerprint density at radius 3 is 2.63 bits per heavy atom. The molecule has 4 rings (SSSR count). The highest BCUT2D eigenvalue weighted by atomic mass is 32.2. The molecule has 0 aliphatic carbocycles. The van der Waals surface area contributed by atoms with Crippen molar-refractivity contribution in [3.05, 3.63) is 71.3 Å². The third kappa shape index (κ3) is 7.50. The summed E-state index contributed by atoms with van der Waals surface area (Å²) in [6.45, 7) is 7.80. The number of nitrogens with zero attached hydrogens (tertiary/aromatic N) is 1. The van der Waals surface area contributed by atoms with E-state index in [1.54, 1.807) is 11.8 Å². The number of β-amino-alcohol motifs (C(OH)–C–C–N with tert-alkyl or cyclic N) is 1. The minimum absolute atomic E-state index is 0.0661. The number of carbonyl (C=O) groups excluding carboxylic acids is 2. The van der Waals surface area contributed by atoms with Gasteiger partial charge in [-0.25, -0.2) is 4.79 Å². The first-order valence-corrected chi connectivity index (χ1v) is 14.2.